The first kappa shape index (κ1) is 20.0. The first-order valence-corrected chi connectivity index (χ1v) is 8.79. The van der Waals surface area contributed by atoms with Gasteiger partial charge in [-0.1, -0.05) is 65.6 Å². The van der Waals surface area contributed by atoms with Crippen LogP contribution >= 0.6 is 15.9 Å². The van der Waals surface area contributed by atoms with Crippen molar-refractivity contribution in [3.05, 3.63) is 23.2 Å². The predicted octanol–water partition coefficient (Wildman–Crippen LogP) is 5.83. The van der Waals surface area contributed by atoms with E-state index in [-0.39, 0.29) is 6.42 Å². The Balaban J connectivity index is 3.26. The zero-order valence-electron chi connectivity index (χ0n) is 12.8. The number of hydrogen-bond donors (Lipinski definition) is 1. The van der Waals surface area contributed by atoms with Gasteiger partial charge in [0.2, 0.25) is 0 Å². The fourth-order valence-electron chi connectivity index (χ4n) is 1.89. The monoisotopic (exact) mass is 354 g/mol. The lowest BCUT2D eigenvalue weighted by Gasteiger charge is -1.98. The Bertz CT molecular complexity index is 361. The van der Waals surface area contributed by atoms with Crippen molar-refractivity contribution in [2.45, 2.75) is 70.6 Å². The van der Waals surface area contributed by atoms with Crippen LogP contribution in [0.4, 0.5) is 0 Å². The third kappa shape index (κ3) is 19.0. The van der Waals surface area contributed by atoms with Crippen LogP contribution in [0.1, 0.15) is 70.6 Å². The van der Waals surface area contributed by atoms with Crippen LogP contribution in [-0.2, 0) is 4.79 Å². The Morgan fingerprint density at radius 1 is 0.952 bits per heavy atom. The Morgan fingerprint density at radius 2 is 1.62 bits per heavy atom. The van der Waals surface area contributed by atoms with Crippen molar-refractivity contribution in [3.8, 4) is 11.8 Å². The second kappa shape index (κ2) is 17.0. The van der Waals surface area contributed by atoms with Gasteiger partial charge in [-0.3, -0.25) is 4.79 Å². The minimum Gasteiger partial charge on any atom is -0.481 e. The van der Waals surface area contributed by atoms with Crippen molar-refractivity contribution in [1.82, 2.24) is 0 Å². The summed E-state index contributed by atoms with van der Waals surface area (Å²) in [6.45, 7) is 0. The van der Waals surface area contributed by atoms with E-state index in [1.165, 1.54) is 44.9 Å². The first-order chi connectivity index (χ1) is 10.3. The molecule has 0 heterocycles. The molecule has 0 rings (SSSR count). The summed E-state index contributed by atoms with van der Waals surface area (Å²) in [6, 6.07) is 0. The molecule has 0 bridgehead atoms. The van der Waals surface area contributed by atoms with Crippen LogP contribution in [0.25, 0.3) is 0 Å². The van der Waals surface area contributed by atoms with Gasteiger partial charge in [0.05, 0.1) is 0 Å². The molecular formula is C18H27BrO2. The highest BCUT2D eigenvalue weighted by Crippen LogP contribution is 2.08. The molecule has 0 unspecified atom stereocenters. The number of hydrogen-bond acceptors (Lipinski definition) is 1. The Labute approximate surface area is 137 Å². The smallest absolute Gasteiger partial charge is 0.303 e. The number of carboxylic acid groups (broad SMARTS) is 1. The maximum atomic E-state index is 10.3. The van der Waals surface area contributed by atoms with Crippen LogP contribution in [0.3, 0.4) is 0 Å². The molecule has 0 fully saturated rings. The highest BCUT2D eigenvalue weighted by Gasteiger charge is 1.92. The van der Waals surface area contributed by atoms with E-state index in [0.29, 0.717) is 6.42 Å². The van der Waals surface area contributed by atoms with Crippen molar-refractivity contribution >= 4 is 21.9 Å². The molecule has 0 saturated carbocycles. The highest BCUT2D eigenvalue weighted by atomic mass is 79.9. The standard InChI is InChI=1S/C18H27BrO2/c19-17-15-13-11-9-7-5-3-1-2-4-6-8-10-12-14-16-18(20)21/h8,10,15,17H,1-3,5,7,9,11-14,16H2,(H,20,21)/b10-8-,17-15+. The molecule has 0 saturated heterocycles. The van der Waals surface area contributed by atoms with E-state index in [2.05, 4.69) is 33.8 Å². The van der Waals surface area contributed by atoms with E-state index in [0.717, 1.165) is 12.8 Å². The molecule has 0 atom stereocenters. The summed E-state index contributed by atoms with van der Waals surface area (Å²) < 4.78 is 0. The maximum Gasteiger partial charge on any atom is 0.303 e. The number of carboxylic acids is 1. The lowest BCUT2D eigenvalue weighted by molar-refractivity contribution is -0.137. The summed E-state index contributed by atoms with van der Waals surface area (Å²) in [5.41, 5.74) is 0. The molecule has 0 aromatic heterocycles. The summed E-state index contributed by atoms with van der Waals surface area (Å²) in [7, 11) is 0. The molecule has 0 aromatic carbocycles. The van der Waals surface area contributed by atoms with Crippen LogP contribution in [0.15, 0.2) is 23.2 Å². The van der Waals surface area contributed by atoms with E-state index in [1.807, 2.05) is 17.1 Å². The van der Waals surface area contributed by atoms with E-state index in [1.54, 1.807) is 0 Å². The highest BCUT2D eigenvalue weighted by molar-refractivity contribution is 9.11. The molecule has 0 aliphatic rings. The summed E-state index contributed by atoms with van der Waals surface area (Å²) in [6.07, 6.45) is 17.5. The van der Waals surface area contributed by atoms with Gasteiger partial charge in [-0.15, -0.1) is 0 Å². The number of rotatable bonds is 12. The van der Waals surface area contributed by atoms with Crippen LogP contribution in [-0.4, -0.2) is 11.1 Å². The Morgan fingerprint density at radius 3 is 2.33 bits per heavy atom. The summed E-state index contributed by atoms with van der Waals surface area (Å²) in [5, 5.41) is 8.47. The summed E-state index contributed by atoms with van der Waals surface area (Å²) in [4.78, 5) is 12.2. The number of allylic oxidation sites excluding steroid dienone is 3. The lowest BCUT2D eigenvalue weighted by Crippen LogP contribution is -1.92. The van der Waals surface area contributed by atoms with Crippen molar-refractivity contribution in [2.75, 3.05) is 0 Å². The van der Waals surface area contributed by atoms with Crippen molar-refractivity contribution in [1.29, 1.82) is 0 Å². The van der Waals surface area contributed by atoms with Gasteiger partial charge in [0.1, 0.15) is 0 Å². The number of unbranched alkanes of at least 4 members (excludes halogenated alkanes) is 8. The van der Waals surface area contributed by atoms with E-state index in [9.17, 15) is 4.79 Å². The fourth-order valence-corrected chi connectivity index (χ4v) is 2.15. The minimum absolute atomic E-state index is 0.240. The van der Waals surface area contributed by atoms with Crippen molar-refractivity contribution < 1.29 is 9.90 Å². The molecule has 0 amide bonds. The quantitative estimate of drug-likeness (QED) is 0.353. The molecule has 21 heavy (non-hydrogen) atoms. The van der Waals surface area contributed by atoms with Crippen molar-refractivity contribution in [3.63, 3.8) is 0 Å². The molecule has 0 spiro atoms. The number of halogens is 1. The number of carbonyl (C=O) groups is 1. The van der Waals surface area contributed by atoms with Gasteiger partial charge in [0.25, 0.3) is 0 Å². The van der Waals surface area contributed by atoms with Gasteiger partial charge in [-0.2, -0.15) is 0 Å². The SMILES string of the molecule is O=C(O)CCC/C=C\C#CCCCCCCCC/C=C/Br. The van der Waals surface area contributed by atoms with Crippen LogP contribution < -0.4 is 0 Å². The second-order valence-electron chi connectivity index (χ2n) is 5.03. The topological polar surface area (TPSA) is 37.3 Å². The molecule has 0 aliphatic heterocycles. The number of aliphatic carboxylic acids is 1. The lowest BCUT2D eigenvalue weighted by atomic mass is 10.1. The van der Waals surface area contributed by atoms with E-state index >= 15 is 0 Å². The molecule has 1 N–H and O–H groups in total. The van der Waals surface area contributed by atoms with Crippen LogP contribution in [0.2, 0.25) is 0 Å². The predicted molar refractivity (Wildman–Crippen MR) is 93.4 cm³/mol. The molecule has 2 nitrogen and oxygen atoms in total. The molecule has 0 radical (unpaired) electrons. The summed E-state index contributed by atoms with van der Waals surface area (Å²) in [5.74, 6) is 5.42. The third-order valence-corrected chi connectivity index (χ3v) is 3.45. The molecule has 0 aromatic rings. The Kier molecular flexibility index (Phi) is 16.2. The van der Waals surface area contributed by atoms with Gasteiger partial charge in [0, 0.05) is 12.8 Å². The molecular weight excluding hydrogens is 328 g/mol. The van der Waals surface area contributed by atoms with Crippen LogP contribution in [0, 0.1) is 11.8 Å². The molecule has 0 aliphatic carbocycles. The van der Waals surface area contributed by atoms with Gasteiger partial charge < -0.3 is 5.11 Å². The normalized spacial score (nSPS) is 10.9. The third-order valence-electron chi connectivity index (χ3n) is 3.08. The van der Waals surface area contributed by atoms with Gasteiger partial charge in [-0.05, 0) is 43.2 Å². The van der Waals surface area contributed by atoms with Crippen LogP contribution in [0.5, 0.6) is 0 Å². The minimum atomic E-state index is -0.728. The average Bonchev–Trinajstić information content (AvgIpc) is 2.46. The Hall–Kier alpha value is -1.01. The molecule has 3 heteroatoms. The average molecular weight is 355 g/mol. The fraction of sp³-hybridized carbons (Fsp3) is 0.611. The van der Waals surface area contributed by atoms with Crippen molar-refractivity contribution in [2.24, 2.45) is 0 Å². The van der Waals surface area contributed by atoms with E-state index in [4.69, 9.17) is 5.11 Å². The van der Waals surface area contributed by atoms with Gasteiger partial charge in [-0.25, -0.2) is 0 Å². The van der Waals surface area contributed by atoms with Gasteiger partial charge >= 0.3 is 5.97 Å². The van der Waals surface area contributed by atoms with E-state index < -0.39 is 5.97 Å². The summed E-state index contributed by atoms with van der Waals surface area (Å²) >= 11 is 3.27. The van der Waals surface area contributed by atoms with Gasteiger partial charge in [0.15, 0.2) is 0 Å². The zero-order chi connectivity index (χ0) is 15.6. The first-order valence-electron chi connectivity index (χ1n) is 7.87. The molecule has 118 valence electrons. The second-order valence-corrected chi connectivity index (χ2v) is 5.56. The zero-order valence-corrected chi connectivity index (χ0v) is 14.4. The largest absolute Gasteiger partial charge is 0.481 e. The maximum absolute atomic E-state index is 10.3.